The Hall–Kier alpha value is -1.65. The third kappa shape index (κ3) is 3.01. The highest BCUT2D eigenvalue weighted by atomic mass is 35.5. The maximum absolute atomic E-state index is 6.13. The van der Waals surface area contributed by atoms with Gasteiger partial charge in [-0.3, -0.25) is 0 Å². The molecule has 0 saturated heterocycles. The fraction of sp³-hybridized carbons (Fsp3) is 0.250. The molecule has 0 bridgehead atoms. The fourth-order valence-corrected chi connectivity index (χ4v) is 2.82. The lowest BCUT2D eigenvalue weighted by atomic mass is 9.95. The molecule has 108 valence electrons. The summed E-state index contributed by atoms with van der Waals surface area (Å²) in [6.07, 6.45) is 4.31. The number of rotatable bonds is 3. The second-order valence-electron chi connectivity index (χ2n) is 5.05. The van der Waals surface area contributed by atoms with Gasteiger partial charge in [-0.15, -0.1) is 0 Å². The topological polar surface area (TPSA) is 48.1 Å². The zero-order valence-corrected chi connectivity index (χ0v) is 13.0. The van der Waals surface area contributed by atoms with Crippen LogP contribution in [0.15, 0.2) is 30.3 Å². The predicted octanol–water partition coefficient (Wildman–Crippen LogP) is 4.04. The number of aromatic nitrogens is 1. The maximum Gasteiger partial charge on any atom is 0.229 e. The van der Waals surface area contributed by atoms with Gasteiger partial charge in [0, 0.05) is 5.69 Å². The second kappa shape index (κ2) is 6.00. The van der Waals surface area contributed by atoms with E-state index in [-0.39, 0.29) is 4.99 Å². The number of hydrogen-bond donors (Lipinski definition) is 1. The summed E-state index contributed by atoms with van der Waals surface area (Å²) < 4.78 is 5.86. The van der Waals surface area contributed by atoms with Crippen molar-refractivity contribution in [3.05, 3.63) is 52.2 Å². The van der Waals surface area contributed by atoms with Gasteiger partial charge in [0.05, 0.1) is 10.6 Å². The highest BCUT2D eigenvalue weighted by molar-refractivity contribution is 7.80. The van der Waals surface area contributed by atoms with E-state index in [1.165, 1.54) is 12.0 Å². The number of halogens is 1. The third-order valence-corrected chi connectivity index (χ3v) is 4.11. The van der Waals surface area contributed by atoms with Crippen molar-refractivity contribution in [2.24, 2.45) is 5.73 Å². The van der Waals surface area contributed by atoms with Crippen LogP contribution in [-0.4, -0.2) is 9.97 Å². The summed E-state index contributed by atoms with van der Waals surface area (Å²) in [6.45, 7) is 0. The largest absolute Gasteiger partial charge is 0.437 e. The van der Waals surface area contributed by atoms with E-state index in [1.807, 2.05) is 18.2 Å². The molecule has 1 aromatic heterocycles. The van der Waals surface area contributed by atoms with Gasteiger partial charge in [0.1, 0.15) is 10.7 Å². The molecule has 2 N–H and O–H groups in total. The molecule has 5 heteroatoms. The molecule has 0 unspecified atom stereocenters. The highest BCUT2D eigenvalue weighted by Gasteiger charge is 2.18. The van der Waals surface area contributed by atoms with Crippen molar-refractivity contribution in [2.75, 3.05) is 0 Å². The van der Waals surface area contributed by atoms with Gasteiger partial charge in [0.25, 0.3) is 0 Å². The minimum atomic E-state index is 0.290. The number of benzene rings is 1. The van der Waals surface area contributed by atoms with Crippen LogP contribution in [-0.2, 0) is 12.8 Å². The predicted molar refractivity (Wildman–Crippen MR) is 88.3 cm³/mol. The van der Waals surface area contributed by atoms with Gasteiger partial charge in [-0.1, -0.05) is 36.0 Å². The number of thiocarbonyl (C=S) groups is 1. The van der Waals surface area contributed by atoms with Gasteiger partial charge in [0.2, 0.25) is 5.88 Å². The van der Waals surface area contributed by atoms with Crippen molar-refractivity contribution >= 4 is 28.8 Å². The quantitative estimate of drug-likeness (QED) is 0.868. The molecule has 1 heterocycles. The fourth-order valence-electron chi connectivity index (χ4n) is 2.50. The van der Waals surface area contributed by atoms with Crippen molar-refractivity contribution < 1.29 is 4.74 Å². The summed E-state index contributed by atoms with van der Waals surface area (Å²) in [6, 6.07) is 9.29. The molecule has 1 aromatic carbocycles. The Morgan fingerprint density at radius 2 is 2.00 bits per heavy atom. The van der Waals surface area contributed by atoms with Gasteiger partial charge in [-0.2, -0.15) is 0 Å². The monoisotopic (exact) mass is 318 g/mol. The second-order valence-corrected chi connectivity index (χ2v) is 5.90. The Bertz CT molecular complexity index is 703. The van der Waals surface area contributed by atoms with Crippen LogP contribution in [0.1, 0.15) is 29.7 Å². The van der Waals surface area contributed by atoms with Crippen LogP contribution in [0.3, 0.4) is 0 Å². The molecule has 3 nitrogen and oxygen atoms in total. The van der Waals surface area contributed by atoms with Crippen LogP contribution in [0.25, 0.3) is 0 Å². The molecular weight excluding hydrogens is 304 g/mol. The molecular formula is C16H15ClN2OS. The molecule has 3 rings (SSSR count). The van der Waals surface area contributed by atoms with E-state index in [0.717, 1.165) is 25.0 Å². The Kier molecular flexibility index (Phi) is 4.08. The molecule has 0 amide bonds. The number of para-hydroxylation sites is 1. The summed E-state index contributed by atoms with van der Waals surface area (Å²) >= 11 is 11.3. The summed E-state index contributed by atoms with van der Waals surface area (Å²) in [5.74, 6) is 0.996. The van der Waals surface area contributed by atoms with Crippen molar-refractivity contribution in [1.29, 1.82) is 0 Å². The molecule has 2 aromatic rings. The van der Waals surface area contributed by atoms with Crippen LogP contribution in [0.4, 0.5) is 0 Å². The first-order valence-corrected chi connectivity index (χ1v) is 7.69. The number of pyridine rings is 1. The molecule has 1 aliphatic carbocycles. The maximum atomic E-state index is 6.13. The standard InChI is InChI=1S/C16H15ClN2OS/c17-12-6-2-4-8-14(12)20-16-11(15(18)21)9-10-5-1-3-7-13(10)19-16/h2,4,6,8-9H,1,3,5,7H2,(H2,18,21). The number of hydrogen-bond acceptors (Lipinski definition) is 3. The average molecular weight is 319 g/mol. The van der Waals surface area contributed by atoms with Crippen LogP contribution < -0.4 is 10.5 Å². The van der Waals surface area contributed by atoms with E-state index in [4.69, 9.17) is 34.3 Å². The number of nitrogens with zero attached hydrogens (tertiary/aromatic N) is 1. The molecule has 0 fully saturated rings. The van der Waals surface area contributed by atoms with Gasteiger partial charge in [-0.25, -0.2) is 4.98 Å². The number of nitrogens with two attached hydrogens (primary N) is 1. The van der Waals surface area contributed by atoms with Crippen LogP contribution in [0, 0.1) is 0 Å². The first kappa shape index (κ1) is 14.3. The smallest absolute Gasteiger partial charge is 0.229 e. The number of ether oxygens (including phenoxy) is 1. The van der Waals surface area contributed by atoms with E-state index < -0.39 is 0 Å². The molecule has 0 spiro atoms. The molecule has 21 heavy (non-hydrogen) atoms. The van der Waals surface area contributed by atoms with E-state index in [9.17, 15) is 0 Å². The first-order chi connectivity index (χ1) is 10.1. The van der Waals surface area contributed by atoms with Crippen LogP contribution in [0.2, 0.25) is 5.02 Å². The lowest BCUT2D eigenvalue weighted by molar-refractivity contribution is 0.457. The minimum Gasteiger partial charge on any atom is -0.437 e. The van der Waals surface area contributed by atoms with Crippen molar-refractivity contribution in [2.45, 2.75) is 25.7 Å². The average Bonchev–Trinajstić information content (AvgIpc) is 2.48. The van der Waals surface area contributed by atoms with Crippen LogP contribution >= 0.6 is 23.8 Å². The Labute approximate surface area is 134 Å². The van der Waals surface area contributed by atoms with Crippen molar-refractivity contribution in [3.8, 4) is 11.6 Å². The Morgan fingerprint density at radius 3 is 2.76 bits per heavy atom. The molecule has 1 aliphatic rings. The molecule has 0 radical (unpaired) electrons. The van der Waals surface area contributed by atoms with Crippen molar-refractivity contribution in [1.82, 2.24) is 4.98 Å². The summed E-state index contributed by atoms with van der Waals surface area (Å²) in [5, 5.41) is 0.533. The molecule has 0 atom stereocenters. The van der Waals surface area contributed by atoms with Crippen molar-refractivity contribution in [3.63, 3.8) is 0 Å². The van der Waals surface area contributed by atoms with E-state index in [2.05, 4.69) is 4.98 Å². The van der Waals surface area contributed by atoms with E-state index in [1.54, 1.807) is 12.1 Å². The van der Waals surface area contributed by atoms with E-state index in [0.29, 0.717) is 22.2 Å². The number of aryl methyl sites for hydroxylation is 2. The SMILES string of the molecule is NC(=S)c1cc2c(nc1Oc1ccccc1Cl)CCCC2. The van der Waals surface area contributed by atoms with Gasteiger partial charge >= 0.3 is 0 Å². The summed E-state index contributed by atoms with van der Waals surface area (Å²) in [5.41, 5.74) is 8.78. The van der Waals surface area contributed by atoms with Gasteiger partial charge in [-0.05, 0) is 49.4 Å². The van der Waals surface area contributed by atoms with E-state index >= 15 is 0 Å². The first-order valence-electron chi connectivity index (χ1n) is 6.90. The minimum absolute atomic E-state index is 0.290. The normalized spacial score (nSPS) is 13.6. The van der Waals surface area contributed by atoms with Gasteiger partial charge in [0.15, 0.2) is 0 Å². The molecule has 0 saturated carbocycles. The highest BCUT2D eigenvalue weighted by Crippen LogP contribution is 2.32. The lowest BCUT2D eigenvalue weighted by Crippen LogP contribution is -2.15. The molecule has 0 aliphatic heterocycles. The summed E-state index contributed by atoms with van der Waals surface area (Å²) in [4.78, 5) is 4.91. The Morgan fingerprint density at radius 1 is 1.24 bits per heavy atom. The Balaban J connectivity index is 2.04. The zero-order valence-electron chi connectivity index (χ0n) is 11.4. The zero-order chi connectivity index (χ0) is 14.8. The van der Waals surface area contributed by atoms with Gasteiger partial charge < -0.3 is 10.5 Å². The summed E-state index contributed by atoms with van der Waals surface area (Å²) in [7, 11) is 0. The lowest BCUT2D eigenvalue weighted by Gasteiger charge is -2.18. The third-order valence-electron chi connectivity index (χ3n) is 3.57. The van der Waals surface area contributed by atoms with Crippen LogP contribution in [0.5, 0.6) is 11.6 Å². The number of fused-ring (bicyclic) bond motifs is 1.